The van der Waals surface area contributed by atoms with Gasteiger partial charge in [0.1, 0.15) is 11.9 Å². The summed E-state index contributed by atoms with van der Waals surface area (Å²) in [5.74, 6) is -0.318. The molecule has 130 valence electrons. The Morgan fingerprint density at radius 3 is 2.88 bits per heavy atom. The Hall–Kier alpha value is -1.58. The molecule has 1 aromatic heterocycles. The maximum Gasteiger partial charge on any atom is 0.338 e. The normalized spacial score (nSPS) is 17.1. The maximum absolute atomic E-state index is 13.5. The lowest BCUT2D eigenvalue weighted by Crippen LogP contribution is -2.34. The van der Waals surface area contributed by atoms with Crippen LogP contribution >= 0.6 is 43.2 Å². The van der Waals surface area contributed by atoms with Crippen LogP contribution in [0.4, 0.5) is 4.39 Å². The summed E-state index contributed by atoms with van der Waals surface area (Å²) in [6.07, 6.45) is 1.68. The van der Waals surface area contributed by atoms with E-state index < -0.39 is 12.0 Å². The van der Waals surface area contributed by atoms with E-state index in [1.807, 2.05) is 5.38 Å². The molecule has 2 heterocycles. The Morgan fingerprint density at radius 2 is 2.28 bits per heavy atom. The van der Waals surface area contributed by atoms with Gasteiger partial charge in [-0.05, 0) is 17.7 Å². The number of rotatable bonds is 4. The van der Waals surface area contributed by atoms with E-state index in [2.05, 4.69) is 47.2 Å². The van der Waals surface area contributed by atoms with E-state index in [0.717, 1.165) is 0 Å². The third kappa shape index (κ3) is 3.68. The number of hydrogen-bond acceptors (Lipinski definition) is 6. The molecule has 5 nitrogen and oxygen atoms in total. The van der Waals surface area contributed by atoms with Gasteiger partial charge in [-0.3, -0.25) is 4.99 Å². The number of alkyl halides is 1. The van der Waals surface area contributed by atoms with Crippen molar-refractivity contribution >= 4 is 55.0 Å². The summed E-state index contributed by atoms with van der Waals surface area (Å²) in [6.45, 7) is 0. The number of halogens is 3. The molecule has 2 aromatic rings. The minimum atomic E-state index is -0.643. The Labute approximate surface area is 164 Å². The van der Waals surface area contributed by atoms with Gasteiger partial charge in [-0.2, -0.15) is 0 Å². The molecule has 0 spiro atoms. The van der Waals surface area contributed by atoms with Crippen LogP contribution < -0.4 is 5.32 Å². The molecule has 0 aliphatic carbocycles. The summed E-state index contributed by atoms with van der Waals surface area (Å²) in [5.41, 5.74) is 1.66. The number of carbonyl (C=O) groups excluding carboxylic acids is 1. The lowest BCUT2D eigenvalue weighted by Gasteiger charge is -2.26. The summed E-state index contributed by atoms with van der Waals surface area (Å²) in [4.78, 5) is 21.3. The van der Waals surface area contributed by atoms with Crippen LogP contribution in [0.5, 0.6) is 0 Å². The molecule has 0 unspecified atom stereocenters. The molecule has 0 amide bonds. The van der Waals surface area contributed by atoms with Gasteiger partial charge in [-0.1, -0.05) is 37.9 Å². The number of allylic oxidation sites excluding steroid dienone is 1. The molecule has 1 aromatic carbocycles. The first-order chi connectivity index (χ1) is 12.0. The van der Waals surface area contributed by atoms with Crippen molar-refractivity contribution in [1.82, 2.24) is 10.3 Å². The fourth-order valence-corrected chi connectivity index (χ4v) is 4.05. The van der Waals surface area contributed by atoms with Gasteiger partial charge in [0.2, 0.25) is 0 Å². The van der Waals surface area contributed by atoms with Gasteiger partial charge in [0.15, 0.2) is 10.8 Å². The first kappa shape index (κ1) is 18.2. The topological polar surface area (TPSA) is 63.6 Å². The van der Waals surface area contributed by atoms with Gasteiger partial charge < -0.3 is 10.1 Å². The van der Waals surface area contributed by atoms with E-state index in [4.69, 9.17) is 4.74 Å². The predicted molar refractivity (Wildman–Crippen MR) is 101 cm³/mol. The van der Waals surface area contributed by atoms with Crippen molar-refractivity contribution < 1.29 is 13.9 Å². The predicted octanol–water partition coefficient (Wildman–Crippen LogP) is 3.96. The third-order valence-corrected chi connectivity index (χ3v) is 5.58. The highest BCUT2D eigenvalue weighted by Gasteiger charge is 2.33. The van der Waals surface area contributed by atoms with Crippen LogP contribution in [0.3, 0.4) is 0 Å². The van der Waals surface area contributed by atoms with E-state index >= 15 is 0 Å². The van der Waals surface area contributed by atoms with Crippen molar-refractivity contribution in [2.45, 2.75) is 6.04 Å². The molecule has 0 radical (unpaired) electrons. The molecular formula is C16H12Br2FN3O2S. The summed E-state index contributed by atoms with van der Waals surface area (Å²) >= 11 is 8.19. The Balaban J connectivity index is 2.17. The number of nitrogens with zero attached hydrogens (tertiary/aromatic N) is 2. The Bertz CT molecular complexity index is 868. The van der Waals surface area contributed by atoms with Crippen molar-refractivity contribution in [3.05, 3.63) is 61.9 Å². The van der Waals surface area contributed by atoms with Crippen LogP contribution in [0.25, 0.3) is 0 Å². The quantitative estimate of drug-likeness (QED) is 0.522. The average molecular weight is 489 g/mol. The van der Waals surface area contributed by atoms with Crippen molar-refractivity contribution in [1.29, 1.82) is 0 Å². The van der Waals surface area contributed by atoms with Crippen LogP contribution in [0, 0.1) is 5.82 Å². The SMILES string of the molecule is COC(=O)C1=C(CBr)NC(c2nccs2)=N[C@@H]1c1ccc(F)cc1Br. The number of carbonyl (C=O) groups is 1. The van der Waals surface area contributed by atoms with E-state index in [0.29, 0.717) is 37.5 Å². The first-order valence-electron chi connectivity index (χ1n) is 7.12. The number of thiazole rings is 1. The standard InChI is InChI=1S/C16H12Br2FN3O2S/c1-24-16(23)12-11(7-17)21-14(15-20-4-5-25-15)22-13(12)9-3-2-8(19)6-10(9)18/h2-6,13H,7H2,1H3,(H,21,22)/t13-/m1/s1. The maximum atomic E-state index is 13.5. The number of amidine groups is 1. The van der Waals surface area contributed by atoms with Gasteiger partial charge in [0, 0.05) is 27.1 Å². The molecule has 3 rings (SSSR count). The van der Waals surface area contributed by atoms with Crippen molar-refractivity contribution in [3.8, 4) is 0 Å². The molecule has 0 saturated carbocycles. The number of hydrogen-bond donors (Lipinski definition) is 1. The zero-order valence-electron chi connectivity index (χ0n) is 12.9. The average Bonchev–Trinajstić information content (AvgIpc) is 3.14. The van der Waals surface area contributed by atoms with Gasteiger partial charge in [-0.25, -0.2) is 14.2 Å². The van der Waals surface area contributed by atoms with Crippen LogP contribution in [0.1, 0.15) is 16.6 Å². The van der Waals surface area contributed by atoms with Gasteiger partial charge in [0.25, 0.3) is 0 Å². The van der Waals surface area contributed by atoms with Crippen LogP contribution in [0.2, 0.25) is 0 Å². The number of esters is 1. The van der Waals surface area contributed by atoms with Gasteiger partial charge in [0.05, 0.1) is 12.7 Å². The second-order valence-electron chi connectivity index (χ2n) is 5.03. The van der Waals surface area contributed by atoms with E-state index in [1.165, 1.54) is 30.6 Å². The molecule has 9 heteroatoms. The van der Waals surface area contributed by atoms with Crippen molar-refractivity contribution in [2.24, 2.45) is 4.99 Å². The van der Waals surface area contributed by atoms with Crippen LogP contribution in [-0.4, -0.2) is 29.2 Å². The fourth-order valence-electron chi connectivity index (χ4n) is 2.45. The monoisotopic (exact) mass is 487 g/mol. The molecular weight excluding hydrogens is 477 g/mol. The number of aromatic nitrogens is 1. The summed E-state index contributed by atoms with van der Waals surface area (Å²) in [6, 6.07) is 3.64. The molecule has 0 fully saturated rings. The Kier molecular flexibility index (Phi) is 5.65. The minimum absolute atomic E-state index is 0.368. The molecule has 0 bridgehead atoms. The highest BCUT2D eigenvalue weighted by molar-refractivity contribution is 9.10. The lowest BCUT2D eigenvalue weighted by molar-refractivity contribution is -0.136. The molecule has 1 atom stereocenters. The van der Waals surface area contributed by atoms with E-state index in [9.17, 15) is 9.18 Å². The van der Waals surface area contributed by atoms with E-state index in [1.54, 1.807) is 12.3 Å². The Morgan fingerprint density at radius 1 is 1.48 bits per heavy atom. The number of aliphatic imine (C=N–C) groups is 1. The second-order valence-corrected chi connectivity index (χ2v) is 7.34. The number of nitrogens with one attached hydrogen (secondary N) is 1. The number of ether oxygens (including phenoxy) is 1. The molecule has 1 aliphatic heterocycles. The van der Waals surface area contributed by atoms with Crippen molar-refractivity contribution in [3.63, 3.8) is 0 Å². The summed E-state index contributed by atoms with van der Waals surface area (Å²) in [7, 11) is 1.32. The highest BCUT2D eigenvalue weighted by Crippen LogP contribution is 2.36. The van der Waals surface area contributed by atoms with Gasteiger partial charge >= 0.3 is 5.97 Å². The van der Waals surface area contributed by atoms with Crippen LogP contribution in [0.15, 0.2) is 50.5 Å². The smallest absolute Gasteiger partial charge is 0.338 e. The second kappa shape index (κ2) is 7.76. The minimum Gasteiger partial charge on any atom is -0.466 e. The van der Waals surface area contributed by atoms with Gasteiger partial charge in [-0.15, -0.1) is 11.3 Å². The third-order valence-electron chi connectivity index (χ3n) is 3.56. The number of benzene rings is 1. The van der Waals surface area contributed by atoms with Crippen molar-refractivity contribution in [2.75, 3.05) is 12.4 Å². The first-order valence-corrected chi connectivity index (χ1v) is 9.91. The van der Waals surface area contributed by atoms with E-state index in [-0.39, 0.29) is 5.82 Å². The zero-order chi connectivity index (χ0) is 18.0. The number of methoxy groups -OCH3 is 1. The summed E-state index contributed by atoms with van der Waals surface area (Å²) < 4.78 is 18.9. The fraction of sp³-hybridized carbons (Fsp3) is 0.188. The largest absolute Gasteiger partial charge is 0.466 e. The molecule has 1 N–H and O–H groups in total. The highest BCUT2D eigenvalue weighted by atomic mass is 79.9. The zero-order valence-corrected chi connectivity index (χ0v) is 16.9. The van der Waals surface area contributed by atoms with Crippen LogP contribution in [-0.2, 0) is 9.53 Å². The summed E-state index contributed by atoms with van der Waals surface area (Å²) in [5, 5.41) is 6.08. The molecule has 0 saturated heterocycles. The molecule has 1 aliphatic rings. The molecule has 25 heavy (non-hydrogen) atoms. The lowest BCUT2D eigenvalue weighted by atomic mass is 9.96.